The van der Waals surface area contributed by atoms with Crippen molar-refractivity contribution in [3.63, 3.8) is 0 Å². The molecule has 0 aliphatic carbocycles. The topological polar surface area (TPSA) is 45.8 Å². The summed E-state index contributed by atoms with van der Waals surface area (Å²) in [4.78, 5) is 11.9. The predicted molar refractivity (Wildman–Crippen MR) is 74.7 cm³/mol. The number of nitriles is 1. The second kappa shape index (κ2) is 5.36. The first-order chi connectivity index (χ1) is 9.13. The summed E-state index contributed by atoms with van der Waals surface area (Å²) in [7, 11) is 1.84. The van der Waals surface area contributed by atoms with Crippen molar-refractivity contribution in [1.29, 1.82) is 5.26 Å². The maximum Gasteiger partial charge on any atom is 0.185 e. The van der Waals surface area contributed by atoms with Crippen LogP contribution in [0.2, 0.25) is 0 Å². The van der Waals surface area contributed by atoms with Gasteiger partial charge in [0.15, 0.2) is 5.78 Å². The zero-order chi connectivity index (χ0) is 13.8. The van der Waals surface area contributed by atoms with Crippen LogP contribution in [0.5, 0.6) is 0 Å². The maximum absolute atomic E-state index is 11.9. The molecule has 0 fully saturated rings. The van der Waals surface area contributed by atoms with Crippen LogP contribution in [0, 0.1) is 18.3 Å². The average Bonchev–Trinajstić information content (AvgIpc) is 2.73. The molecule has 0 N–H and O–H groups in total. The number of carbonyl (C=O) groups is 1. The number of ketones is 1. The minimum Gasteiger partial charge on any atom is -0.339 e. The van der Waals surface area contributed by atoms with E-state index < -0.39 is 0 Å². The Morgan fingerprint density at radius 1 is 1.32 bits per heavy atom. The Labute approximate surface area is 112 Å². The summed E-state index contributed by atoms with van der Waals surface area (Å²) in [5, 5.41) is 8.95. The van der Waals surface area contributed by atoms with Gasteiger partial charge in [0.25, 0.3) is 0 Å². The van der Waals surface area contributed by atoms with Gasteiger partial charge >= 0.3 is 0 Å². The summed E-state index contributed by atoms with van der Waals surface area (Å²) in [5.74, 6) is -0.0395. The summed E-state index contributed by atoms with van der Waals surface area (Å²) in [6.07, 6.45) is 3.30. The standard InChI is InChI=1S/C16H14N2O/c1-12-14(10-15(11-17)18(12)2)8-9-16(19)13-6-4-3-5-7-13/h3-10H,1-2H3/b9-8+. The molecule has 2 aromatic rings. The summed E-state index contributed by atoms with van der Waals surface area (Å²) in [5.41, 5.74) is 3.11. The van der Waals surface area contributed by atoms with Crippen LogP contribution in [0.4, 0.5) is 0 Å². The smallest absolute Gasteiger partial charge is 0.185 e. The summed E-state index contributed by atoms with van der Waals surface area (Å²) >= 11 is 0. The molecule has 0 atom stereocenters. The lowest BCUT2D eigenvalue weighted by Gasteiger charge is -1.98. The molecule has 94 valence electrons. The number of hydrogen-bond acceptors (Lipinski definition) is 2. The monoisotopic (exact) mass is 250 g/mol. The molecule has 19 heavy (non-hydrogen) atoms. The molecule has 0 saturated heterocycles. The SMILES string of the molecule is Cc1c(/C=C/C(=O)c2ccccc2)cc(C#N)n1C. The van der Waals surface area contributed by atoms with Crippen molar-refractivity contribution in [2.75, 3.05) is 0 Å². The first-order valence-electron chi connectivity index (χ1n) is 5.97. The van der Waals surface area contributed by atoms with Gasteiger partial charge in [0, 0.05) is 18.3 Å². The maximum atomic E-state index is 11.9. The van der Waals surface area contributed by atoms with Gasteiger partial charge in [-0.2, -0.15) is 5.26 Å². The zero-order valence-corrected chi connectivity index (χ0v) is 10.9. The van der Waals surface area contributed by atoms with Crippen LogP contribution in [0.25, 0.3) is 6.08 Å². The van der Waals surface area contributed by atoms with Gasteiger partial charge in [-0.25, -0.2) is 0 Å². The molecule has 0 spiro atoms. The third kappa shape index (κ3) is 2.63. The van der Waals surface area contributed by atoms with Gasteiger partial charge < -0.3 is 4.57 Å². The summed E-state index contributed by atoms with van der Waals surface area (Å²) < 4.78 is 1.81. The first-order valence-corrected chi connectivity index (χ1v) is 5.97. The van der Waals surface area contributed by atoms with Crippen LogP contribution < -0.4 is 0 Å². The molecule has 1 aromatic heterocycles. The Hall–Kier alpha value is -2.60. The largest absolute Gasteiger partial charge is 0.339 e. The van der Waals surface area contributed by atoms with Crippen molar-refractivity contribution in [2.24, 2.45) is 7.05 Å². The molecule has 1 heterocycles. The number of aromatic nitrogens is 1. The van der Waals surface area contributed by atoms with Gasteiger partial charge in [-0.05, 0) is 30.7 Å². The lowest BCUT2D eigenvalue weighted by molar-refractivity contribution is 0.104. The van der Waals surface area contributed by atoms with E-state index in [2.05, 4.69) is 6.07 Å². The number of allylic oxidation sites excluding steroid dienone is 1. The normalized spacial score (nSPS) is 10.6. The molecule has 2 rings (SSSR count). The zero-order valence-electron chi connectivity index (χ0n) is 10.9. The molecule has 0 amide bonds. The molecule has 3 heteroatoms. The van der Waals surface area contributed by atoms with Gasteiger partial charge in [-0.15, -0.1) is 0 Å². The number of carbonyl (C=O) groups excluding carboxylic acids is 1. The molecule has 0 aliphatic heterocycles. The minimum absolute atomic E-state index is 0.0395. The van der Waals surface area contributed by atoms with Crippen molar-refractivity contribution in [3.8, 4) is 6.07 Å². The lowest BCUT2D eigenvalue weighted by atomic mass is 10.1. The molecule has 1 aromatic carbocycles. The van der Waals surface area contributed by atoms with Crippen LogP contribution in [-0.4, -0.2) is 10.4 Å². The highest BCUT2D eigenvalue weighted by molar-refractivity contribution is 6.06. The number of nitrogens with zero attached hydrogens (tertiary/aromatic N) is 2. The first kappa shape index (κ1) is 12.8. The second-order valence-electron chi connectivity index (χ2n) is 4.30. The molecule has 0 aliphatic rings. The van der Waals surface area contributed by atoms with E-state index in [0.717, 1.165) is 11.3 Å². The number of hydrogen-bond donors (Lipinski definition) is 0. The molecule has 0 bridgehead atoms. The van der Waals surface area contributed by atoms with E-state index in [0.29, 0.717) is 11.3 Å². The van der Waals surface area contributed by atoms with Crippen LogP contribution in [0.1, 0.15) is 27.3 Å². The van der Waals surface area contributed by atoms with E-state index in [4.69, 9.17) is 5.26 Å². The number of benzene rings is 1. The highest BCUT2D eigenvalue weighted by Crippen LogP contribution is 2.15. The summed E-state index contributed by atoms with van der Waals surface area (Å²) in [6.45, 7) is 1.92. The fraction of sp³-hybridized carbons (Fsp3) is 0.125. The van der Waals surface area contributed by atoms with Crippen molar-refractivity contribution in [2.45, 2.75) is 6.92 Å². The summed E-state index contributed by atoms with van der Waals surface area (Å²) in [6, 6.07) is 13.0. The molecule has 3 nitrogen and oxygen atoms in total. The van der Waals surface area contributed by atoms with Gasteiger partial charge in [0.1, 0.15) is 11.8 Å². The van der Waals surface area contributed by atoms with E-state index in [-0.39, 0.29) is 5.78 Å². The van der Waals surface area contributed by atoms with Crippen LogP contribution in [0.15, 0.2) is 42.5 Å². The van der Waals surface area contributed by atoms with Crippen molar-refractivity contribution >= 4 is 11.9 Å². The highest BCUT2D eigenvalue weighted by atomic mass is 16.1. The van der Waals surface area contributed by atoms with E-state index in [1.807, 2.05) is 36.7 Å². The Bertz CT molecular complexity index is 673. The second-order valence-corrected chi connectivity index (χ2v) is 4.30. The van der Waals surface area contributed by atoms with E-state index >= 15 is 0 Å². The van der Waals surface area contributed by atoms with Crippen LogP contribution >= 0.6 is 0 Å². The Kier molecular flexibility index (Phi) is 3.63. The van der Waals surface area contributed by atoms with E-state index in [1.54, 1.807) is 30.4 Å². The van der Waals surface area contributed by atoms with Crippen LogP contribution in [-0.2, 0) is 7.05 Å². The fourth-order valence-corrected chi connectivity index (χ4v) is 1.86. The van der Waals surface area contributed by atoms with Gasteiger partial charge in [-0.3, -0.25) is 4.79 Å². The number of rotatable bonds is 3. The highest BCUT2D eigenvalue weighted by Gasteiger charge is 2.06. The van der Waals surface area contributed by atoms with Gasteiger partial charge in [0.05, 0.1) is 0 Å². The Balaban J connectivity index is 2.25. The van der Waals surface area contributed by atoms with Crippen LogP contribution in [0.3, 0.4) is 0 Å². The van der Waals surface area contributed by atoms with Crippen molar-refractivity contribution in [1.82, 2.24) is 4.57 Å². The third-order valence-corrected chi connectivity index (χ3v) is 3.16. The molecular weight excluding hydrogens is 236 g/mol. The lowest BCUT2D eigenvalue weighted by Crippen LogP contribution is -1.94. The average molecular weight is 250 g/mol. The predicted octanol–water partition coefficient (Wildman–Crippen LogP) is 3.10. The third-order valence-electron chi connectivity index (χ3n) is 3.16. The van der Waals surface area contributed by atoms with E-state index in [9.17, 15) is 4.79 Å². The Morgan fingerprint density at radius 3 is 2.58 bits per heavy atom. The Morgan fingerprint density at radius 2 is 2.00 bits per heavy atom. The molecule has 0 unspecified atom stereocenters. The fourth-order valence-electron chi connectivity index (χ4n) is 1.86. The van der Waals surface area contributed by atoms with Crippen molar-refractivity contribution in [3.05, 3.63) is 65.0 Å². The molecule has 0 saturated carbocycles. The van der Waals surface area contributed by atoms with Crippen molar-refractivity contribution < 1.29 is 4.79 Å². The molecule has 0 radical (unpaired) electrons. The van der Waals surface area contributed by atoms with E-state index in [1.165, 1.54) is 0 Å². The quantitative estimate of drug-likeness (QED) is 0.620. The molecular formula is C16H14N2O. The minimum atomic E-state index is -0.0395. The van der Waals surface area contributed by atoms with Gasteiger partial charge in [-0.1, -0.05) is 30.3 Å². The van der Waals surface area contributed by atoms with Gasteiger partial charge in [0.2, 0.25) is 0 Å².